The van der Waals surface area contributed by atoms with Gasteiger partial charge >= 0.3 is 12.1 Å². The third kappa shape index (κ3) is 5.49. The molecule has 8 heteroatoms. The van der Waals surface area contributed by atoms with E-state index >= 15 is 0 Å². The second kappa shape index (κ2) is 10.3. The Labute approximate surface area is 193 Å². The Morgan fingerprint density at radius 2 is 1.85 bits per heavy atom. The monoisotopic (exact) mass is 456 g/mol. The van der Waals surface area contributed by atoms with Crippen LogP contribution in [0.1, 0.15) is 62.6 Å². The van der Waals surface area contributed by atoms with E-state index in [0.717, 1.165) is 49.7 Å². The number of benzene rings is 1. The molecule has 4 rings (SSSR count). The van der Waals surface area contributed by atoms with Gasteiger partial charge in [-0.15, -0.1) is 0 Å². The van der Waals surface area contributed by atoms with Crippen LogP contribution < -0.4 is 4.74 Å². The maximum Gasteiger partial charge on any atom is 0.410 e. The number of aromatic nitrogens is 1. The van der Waals surface area contributed by atoms with Gasteiger partial charge in [0.2, 0.25) is 0 Å². The number of hydrogen-bond donors (Lipinski definition) is 1. The molecule has 2 atom stereocenters. The Bertz CT molecular complexity index is 964. The van der Waals surface area contributed by atoms with Crippen LogP contribution in [0.2, 0.25) is 0 Å². The van der Waals surface area contributed by atoms with E-state index in [-0.39, 0.29) is 30.8 Å². The van der Waals surface area contributed by atoms with Crippen LogP contribution in [0.15, 0.2) is 28.8 Å². The van der Waals surface area contributed by atoms with Crippen molar-refractivity contribution in [1.82, 2.24) is 10.1 Å². The molecule has 0 bridgehead atoms. The summed E-state index contributed by atoms with van der Waals surface area (Å²) in [7, 11) is 1.80. The fourth-order valence-electron chi connectivity index (χ4n) is 4.82. The average Bonchev–Trinajstić information content (AvgIpc) is 3.48. The highest BCUT2D eigenvalue weighted by molar-refractivity contribution is 5.70. The third-order valence-corrected chi connectivity index (χ3v) is 6.88. The maximum absolute atomic E-state index is 12.5. The number of carbonyl (C=O) groups is 2. The fourth-order valence-corrected chi connectivity index (χ4v) is 4.82. The normalized spacial score (nSPS) is 21.0. The number of amides is 1. The molecule has 2 aliphatic carbocycles. The van der Waals surface area contributed by atoms with Crippen LogP contribution >= 0.6 is 0 Å². The zero-order valence-electron chi connectivity index (χ0n) is 19.3. The number of aliphatic carboxylic acids is 1. The van der Waals surface area contributed by atoms with E-state index in [4.69, 9.17) is 14.0 Å². The molecule has 33 heavy (non-hydrogen) atoms. The summed E-state index contributed by atoms with van der Waals surface area (Å²) in [5.41, 5.74) is 2.24. The molecule has 0 aliphatic heterocycles. The lowest BCUT2D eigenvalue weighted by Crippen LogP contribution is -2.35. The number of aryl methyl sites for hydroxylation is 1. The molecular formula is C25H32N2O6. The van der Waals surface area contributed by atoms with Crippen molar-refractivity contribution in [2.24, 2.45) is 5.92 Å². The Hall–Kier alpha value is -3.03. The highest BCUT2D eigenvalue weighted by Crippen LogP contribution is 2.31. The number of rotatable bonds is 7. The zero-order chi connectivity index (χ0) is 23.4. The number of ether oxygens (including phenoxy) is 2. The molecule has 2 aromatic rings. The van der Waals surface area contributed by atoms with Crippen LogP contribution in [0.4, 0.5) is 4.79 Å². The van der Waals surface area contributed by atoms with E-state index in [0.29, 0.717) is 30.0 Å². The van der Waals surface area contributed by atoms with Crippen molar-refractivity contribution in [1.29, 1.82) is 0 Å². The van der Waals surface area contributed by atoms with E-state index in [2.05, 4.69) is 5.16 Å². The predicted octanol–water partition coefficient (Wildman–Crippen LogP) is 5.18. The molecule has 2 saturated carbocycles. The van der Waals surface area contributed by atoms with Gasteiger partial charge in [-0.3, -0.25) is 4.79 Å². The van der Waals surface area contributed by atoms with Crippen molar-refractivity contribution >= 4 is 12.1 Å². The first-order valence-electron chi connectivity index (χ1n) is 11.8. The van der Waals surface area contributed by atoms with Crippen molar-refractivity contribution in [3.8, 4) is 17.1 Å². The molecule has 2 unspecified atom stereocenters. The van der Waals surface area contributed by atoms with E-state index in [1.807, 2.05) is 31.2 Å². The predicted molar refractivity (Wildman–Crippen MR) is 121 cm³/mol. The summed E-state index contributed by atoms with van der Waals surface area (Å²) < 4.78 is 17.1. The van der Waals surface area contributed by atoms with Crippen LogP contribution in [0.25, 0.3) is 11.3 Å². The summed E-state index contributed by atoms with van der Waals surface area (Å²) in [4.78, 5) is 25.5. The zero-order valence-corrected chi connectivity index (χ0v) is 19.3. The summed E-state index contributed by atoms with van der Waals surface area (Å²) in [6.07, 6.45) is 6.88. The van der Waals surface area contributed by atoms with Crippen molar-refractivity contribution in [3.05, 3.63) is 35.5 Å². The molecule has 8 nitrogen and oxygen atoms in total. The molecule has 1 heterocycles. The van der Waals surface area contributed by atoms with Gasteiger partial charge in [-0.2, -0.15) is 0 Å². The molecule has 2 fully saturated rings. The topological polar surface area (TPSA) is 102 Å². The first-order valence-corrected chi connectivity index (χ1v) is 11.8. The highest BCUT2D eigenvalue weighted by atomic mass is 16.6. The van der Waals surface area contributed by atoms with Gasteiger partial charge in [-0.25, -0.2) is 4.79 Å². The number of hydrogen-bond acceptors (Lipinski definition) is 6. The Morgan fingerprint density at radius 1 is 1.12 bits per heavy atom. The SMILES string of the molecule is Cc1noc(-c2ccc(OC3CCCC(C(=O)O)C3)cc2)c1COC(=O)N(C)C1CCCC1. The summed E-state index contributed by atoms with van der Waals surface area (Å²) in [6, 6.07) is 7.71. The Kier molecular flexibility index (Phi) is 7.20. The highest BCUT2D eigenvalue weighted by Gasteiger charge is 2.28. The minimum atomic E-state index is -0.748. The van der Waals surface area contributed by atoms with Crippen LogP contribution in [-0.4, -0.2) is 46.4 Å². The van der Waals surface area contributed by atoms with Crippen molar-refractivity contribution < 1.29 is 28.7 Å². The number of carboxylic acid groups (broad SMARTS) is 1. The summed E-state index contributed by atoms with van der Waals surface area (Å²) in [6.45, 7) is 1.92. The molecule has 1 aromatic heterocycles. The first-order chi connectivity index (χ1) is 15.9. The lowest BCUT2D eigenvalue weighted by Gasteiger charge is -2.27. The Balaban J connectivity index is 1.38. The molecule has 0 spiro atoms. The van der Waals surface area contributed by atoms with Crippen molar-refractivity contribution in [2.45, 2.75) is 77.0 Å². The largest absolute Gasteiger partial charge is 0.490 e. The second-order valence-electron chi connectivity index (χ2n) is 9.15. The summed E-state index contributed by atoms with van der Waals surface area (Å²) >= 11 is 0. The van der Waals surface area contributed by atoms with Crippen molar-refractivity contribution in [3.63, 3.8) is 0 Å². The van der Waals surface area contributed by atoms with Crippen LogP contribution in [0.5, 0.6) is 5.75 Å². The second-order valence-corrected chi connectivity index (χ2v) is 9.15. The lowest BCUT2D eigenvalue weighted by molar-refractivity contribution is -0.143. The van der Waals surface area contributed by atoms with Gasteiger partial charge in [0, 0.05) is 18.7 Å². The molecule has 1 N–H and O–H groups in total. The van der Waals surface area contributed by atoms with Gasteiger partial charge in [0.05, 0.1) is 23.3 Å². The number of carbonyl (C=O) groups excluding carboxylic acids is 1. The van der Waals surface area contributed by atoms with Gasteiger partial charge in [0.15, 0.2) is 5.76 Å². The van der Waals surface area contributed by atoms with E-state index in [9.17, 15) is 14.7 Å². The lowest BCUT2D eigenvalue weighted by atomic mass is 9.87. The number of carboxylic acids is 1. The summed E-state index contributed by atoms with van der Waals surface area (Å²) in [5.74, 6) is 0.177. The molecule has 0 radical (unpaired) electrons. The minimum Gasteiger partial charge on any atom is -0.490 e. The summed E-state index contributed by atoms with van der Waals surface area (Å²) in [5, 5.41) is 13.3. The first kappa shape index (κ1) is 23.1. The fraction of sp³-hybridized carbons (Fsp3) is 0.560. The van der Waals surface area contributed by atoms with E-state index in [1.165, 1.54) is 0 Å². The maximum atomic E-state index is 12.5. The minimum absolute atomic E-state index is 0.0925. The Morgan fingerprint density at radius 3 is 2.55 bits per heavy atom. The molecule has 2 aliphatic rings. The van der Waals surface area contributed by atoms with Gasteiger partial charge in [0.1, 0.15) is 12.4 Å². The standard InChI is InChI=1S/C25H32N2O6/c1-16-22(15-31-25(30)27(2)19-7-3-4-8-19)23(33-26-16)17-10-12-20(13-11-17)32-21-9-5-6-18(14-21)24(28)29/h10-13,18-19,21H,3-9,14-15H2,1-2H3,(H,28,29). The molecule has 178 valence electrons. The third-order valence-electron chi connectivity index (χ3n) is 6.88. The van der Waals surface area contributed by atoms with E-state index in [1.54, 1.807) is 11.9 Å². The average molecular weight is 457 g/mol. The molecular weight excluding hydrogens is 424 g/mol. The van der Waals surface area contributed by atoms with Crippen LogP contribution in [-0.2, 0) is 16.1 Å². The van der Waals surface area contributed by atoms with E-state index < -0.39 is 5.97 Å². The number of nitrogens with zero attached hydrogens (tertiary/aromatic N) is 2. The van der Waals surface area contributed by atoms with Gasteiger partial charge in [-0.05, 0) is 69.7 Å². The van der Waals surface area contributed by atoms with Crippen molar-refractivity contribution in [2.75, 3.05) is 7.05 Å². The van der Waals surface area contributed by atoms with Crippen LogP contribution in [0, 0.1) is 12.8 Å². The molecule has 1 amide bonds. The van der Waals surface area contributed by atoms with Crippen LogP contribution in [0.3, 0.4) is 0 Å². The van der Waals surface area contributed by atoms with Gasteiger partial charge < -0.3 is 24.0 Å². The molecule has 0 saturated heterocycles. The smallest absolute Gasteiger partial charge is 0.410 e. The van der Waals surface area contributed by atoms with Gasteiger partial charge in [0.25, 0.3) is 0 Å². The van der Waals surface area contributed by atoms with Gasteiger partial charge in [-0.1, -0.05) is 18.0 Å². The molecule has 1 aromatic carbocycles. The quantitative estimate of drug-likeness (QED) is 0.612.